The average molecular weight is 430 g/mol. The third-order valence-electron chi connectivity index (χ3n) is 4.03. The molecule has 9 nitrogen and oxygen atoms in total. The number of non-ortho nitro benzene ring substituents is 1. The number of nitro benzene ring substituents is 1. The molecule has 1 heterocycles. The number of ether oxygens (including phenoxy) is 1. The van der Waals surface area contributed by atoms with Crippen LogP contribution in [-0.2, 0) is 9.59 Å². The molecule has 1 N–H and O–H groups in total. The molecule has 0 radical (unpaired) electrons. The van der Waals surface area contributed by atoms with Gasteiger partial charge < -0.3 is 4.74 Å². The summed E-state index contributed by atoms with van der Waals surface area (Å²) in [6, 6.07) is 8.70. The van der Waals surface area contributed by atoms with Crippen LogP contribution in [0.5, 0.6) is 5.75 Å². The van der Waals surface area contributed by atoms with Crippen molar-refractivity contribution in [3.05, 3.63) is 68.7 Å². The highest BCUT2D eigenvalue weighted by atomic mass is 35.5. The summed E-state index contributed by atoms with van der Waals surface area (Å²) in [4.78, 5) is 48.4. The minimum atomic E-state index is -0.999. The van der Waals surface area contributed by atoms with E-state index in [0.29, 0.717) is 16.2 Å². The first-order chi connectivity index (χ1) is 14.2. The summed E-state index contributed by atoms with van der Waals surface area (Å²) in [5.41, 5.74) is -0.232. The molecule has 0 spiro atoms. The van der Waals surface area contributed by atoms with Crippen molar-refractivity contribution < 1.29 is 24.0 Å². The van der Waals surface area contributed by atoms with E-state index in [-0.39, 0.29) is 28.1 Å². The van der Waals surface area contributed by atoms with E-state index >= 15 is 0 Å². The van der Waals surface area contributed by atoms with Crippen LogP contribution in [0.1, 0.15) is 19.4 Å². The number of anilines is 1. The standard InChI is InChI=1S/C20H16ClN3O6/c1-11(2)30-17-7-6-12(9-16(17)21)8-15-18(25)22-20(27)23(19(15)26)13-4-3-5-14(10-13)24(28)29/h3-11H,1-2H3,(H,22,25,27)/b15-8+. The molecule has 10 heteroatoms. The molecule has 0 saturated carbocycles. The van der Waals surface area contributed by atoms with Crippen LogP contribution >= 0.6 is 11.6 Å². The molecule has 154 valence electrons. The summed E-state index contributed by atoms with van der Waals surface area (Å²) in [7, 11) is 0. The Morgan fingerprint density at radius 1 is 1.17 bits per heavy atom. The Morgan fingerprint density at radius 2 is 1.90 bits per heavy atom. The molecule has 0 unspecified atom stereocenters. The smallest absolute Gasteiger partial charge is 0.335 e. The monoisotopic (exact) mass is 429 g/mol. The van der Waals surface area contributed by atoms with Gasteiger partial charge in [-0.2, -0.15) is 0 Å². The molecular formula is C20H16ClN3O6. The first kappa shape index (κ1) is 21.0. The molecule has 30 heavy (non-hydrogen) atoms. The average Bonchev–Trinajstić information content (AvgIpc) is 2.67. The minimum Gasteiger partial charge on any atom is -0.489 e. The quantitative estimate of drug-likeness (QED) is 0.335. The van der Waals surface area contributed by atoms with Gasteiger partial charge >= 0.3 is 6.03 Å². The molecule has 0 atom stereocenters. The van der Waals surface area contributed by atoms with Crippen LogP contribution in [0.15, 0.2) is 48.0 Å². The van der Waals surface area contributed by atoms with Crippen LogP contribution < -0.4 is 15.0 Å². The summed E-state index contributed by atoms with van der Waals surface area (Å²) in [5.74, 6) is -1.35. The Hall–Kier alpha value is -3.72. The van der Waals surface area contributed by atoms with Crippen molar-refractivity contribution in [1.82, 2.24) is 5.32 Å². The number of benzene rings is 2. The first-order valence-electron chi connectivity index (χ1n) is 8.79. The first-order valence-corrected chi connectivity index (χ1v) is 9.17. The van der Waals surface area contributed by atoms with Gasteiger partial charge in [0, 0.05) is 12.1 Å². The van der Waals surface area contributed by atoms with Gasteiger partial charge in [0.25, 0.3) is 17.5 Å². The van der Waals surface area contributed by atoms with Crippen LogP contribution in [0, 0.1) is 10.1 Å². The van der Waals surface area contributed by atoms with Gasteiger partial charge in [0.05, 0.1) is 21.7 Å². The van der Waals surface area contributed by atoms with Gasteiger partial charge in [-0.05, 0) is 43.7 Å². The lowest BCUT2D eigenvalue weighted by Gasteiger charge is -2.26. The predicted octanol–water partition coefficient (Wildman–Crippen LogP) is 3.70. The normalized spacial score (nSPS) is 15.5. The Bertz CT molecular complexity index is 1100. The topological polar surface area (TPSA) is 119 Å². The van der Waals surface area contributed by atoms with Crippen molar-refractivity contribution in [2.75, 3.05) is 4.90 Å². The second-order valence-electron chi connectivity index (χ2n) is 6.59. The number of imide groups is 2. The highest BCUT2D eigenvalue weighted by Crippen LogP contribution is 2.29. The predicted molar refractivity (Wildman–Crippen MR) is 109 cm³/mol. The number of urea groups is 1. The molecular weight excluding hydrogens is 414 g/mol. The number of hydrogen-bond acceptors (Lipinski definition) is 6. The van der Waals surface area contributed by atoms with Crippen molar-refractivity contribution in [2.24, 2.45) is 0 Å². The fourth-order valence-corrected chi connectivity index (χ4v) is 2.99. The molecule has 0 aromatic heterocycles. The lowest BCUT2D eigenvalue weighted by atomic mass is 10.1. The van der Waals surface area contributed by atoms with Crippen LogP contribution in [0.4, 0.5) is 16.2 Å². The fraction of sp³-hybridized carbons (Fsp3) is 0.150. The van der Waals surface area contributed by atoms with Crippen LogP contribution in [0.3, 0.4) is 0 Å². The van der Waals surface area contributed by atoms with Gasteiger partial charge in [0.15, 0.2) is 0 Å². The Labute approximate surface area is 176 Å². The number of nitrogens with one attached hydrogen (secondary N) is 1. The van der Waals surface area contributed by atoms with Gasteiger partial charge in [-0.3, -0.25) is 25.0 Å². The summed E-state index contributed by atoms with van der Waals surface area (Å²) in [5, 5.41) is 13.3. The molecule has 4 amide bonds. The molecule has 2 aromatic carbocycles. The minimum absolute atomic E-state index is 0.0381. The van der Waals surface area contributed by atoms with Crippen LogP contribution in [0.2, 0.25) is 5.02 Å². The zero-order valence-electron chi connectivity index (χ0n) is 15.9. The summed E-state index contributed by atoms with van der Waals surface area (Å²) < 4.78 is 5.54. The Kier molecular flexibility index (Phi) is 5.84. The second-order valence-corrected chi connectivity index (χ2v) is 7.00. The second kappa shape index (κ2) is 8.34. The van der Waals surface area contributed by atoms with E-state index in [2.05, 4.69) is 5.32 Å². The van der Waals surface area contributed by atoms with Crippen LogP contribution in [-0.4, -0.2) is 28.9 Å². The number of halogens is 1. The zero-order valence-corrected chi connectivity index (χ0v) is 16.7. The van der Waals surface area contributed by atoms with E-state index in [1.807, 2.05) is 13.8 Å². The Balaban J connectivity index is 1.97. The van der Waals surface area contributed by atoms with Gasteiger partial charge in [0.1, 0.15) is 11.3 Å². The summed E-state index contributed by atoms with van der Waals surface area (Å²) >= 11 is 6.19. The van der Waals surface area contributed by atoms with E-state index in [0.717, 1.165) is 6.07 Å². The highest BCUT2D eigenvalue weighted by molar-refractivity contribution is 6.39. The highest BCUT2D eigenvalue weighted by Gasteiger charge is 2.37. The van der Waals surface area contributed by atoms with Gasteiger partial charge in [0.2, 0.25) is 0 Å². The molecule has 3 rings (SSSR count). The van der Waals surface area contributed by atoms with E-state index in [9.17, 15) is 24.5 Å². The number of rotatable bonds is 5. The number of barbiturate groups is 1. The van der Waals surface area contributed by atoms with Crippen LogP contribution in [0.25, 0.3) is 6.08 Å². The van der Waals surface area contributed by atoms with E-state index in [1.165, 1.54) is 30.3 Å². The maximum Gasteiger partial charge on any atom is 0.335 e. The largest absolute Gasteiger partial charge is 0.489 e. The third kappa shape index (κ3) is 4.31. The fourth-order valence-electron chi connectivity index (χ4n) is 2.76. The number of nitrogens with zero attached hydrogens (tertiary/aromatic N) is 2. The molecule has 1 fully saturated rings. The van der Waals surface area contributed by atoms with E-state index in [1.54, 1.807) is 12.1 Å². The number of carbonyl (C=O) groups excluding carboxylic acids is 3. The van der Waals surface area contributed by atoms with Crippen molar-refractivity contribution in [2.45, 2.75) is 20.0 Å². The number of nitro groups is 1. The lowest BCUT2D eigenvalue weighted by Crippen LogP contribution is -2.54. The summed E-state index contributed by atoms with van der Waals surface area (Å²) in [6.07, 6.45) is 1.19. The number of amides is 4. The van der Waals surface area contributed by atoms with Crippen molar-refractivity contribution >= 4 is 46.9 Å². The number of carbonyl (C=O) groups is 3. The molecule has 1 saturated heterocycles. The van der Waals surface area contributed by atoms with Crippen molar-refractivity contribution in [3.8, 4) is 5.75 Å². The molecule has 2 aromatic rings. The Morgan fingerprint density at radius 3 is 2.53 bits per heavy atom. The van der Waals surface area contributed by atoms with Crippen molar-refractivity contribution in [3.63, 3.8) is 0 Å². The maximum absolute atomic E-state index is 12.9. The van der Waals surface area contributed by atoms with Gasteiger partial charge in [-0.25, -0.2) is 9.69 Å². The van der Waals surface area contributed by atoms with Crippen molar-refractivity contribution in [1.29, 1.82) is 0 Å². The maximum atomic E-state index is 12.9. The third-order valence-corrected chi connectivity index (χ3v) is 4.33. The molecule has 1 aliphatic heterocycles. The SMILES string of the molecule is CC(C)Oc1ccc(/C=C2\C(=O)NC(=O)N(c3cccc([N+](=O)[O-])c3)C2=O)cc1Cl. The van der Waals surface area contributed by atoms with Gasteiger partial charge in [-0.15, -0.1) is 0 Å². The van der Waals surface area contributed by atoms with Gasteiger partial charge in [-0.1, -0.05) is 23.7 Å². The number of hydrogen-bond donors (Lipinski definition) is 1. The van der Waals surface area contributed by atoms with E-state index < -0.39 is 22.8 Å². The lowest BCUT2D eigenvalue weighted by molar-refractivity contribution is -0.384. The summed E-state index contributed by atoms with van der Waals surface area (Å²) in [6.45, 7) is 3.69. The van der Waals surface area contributed by atoms with E-state index in [4.69, 9.17) is 16.3 Å². The molecule has 1 aliphatic rings. The molecule has 0 bridgehead atoms. The zero-order chi connectivity index (χ0) is 22.0. The molecule has 0 aliphatic carbocycles.